The summed E-state index contributed by atoms with van der Waals surface area (Å²) in [6.07, 6.45) is 2.35. The maximum absolute atomic E-state index is 11.4. The molecule has 0 saturated heterocycles. The Balaban J connectivity index is 2.60. The minimum absolute atomic E-state index is 0.344. The van der Waals surface area contributed by atoms with Gasteiger partial charge in [-0.25, -0.2) is 4.79 Å². The van der Waals surface area contributed by atoms with Crippen LogP contribution in [0.15, 0.2) is 36.9 Å². The third-order valence-electron chi connectivity index (χ3n) is 1.74. The van der Waals surface area contributed by atoms with Crippen LogP contribution in [0.2, 0.25) is 0 Å². The molecule has 0 spiro atoms. The molecular weight excluding hydrogens is 178 g/mol. The lowest BCUT2D eigenvalue weighted by atomic mass is 10.2. The molecule has 1 rings (SSSR count). The number of benzene rings is 1. The number of nitrogen functional groups attached to an aromatic ring is 1. The van der Waals surface area contributed by atoms with E-state index < -0.39 is 0 Å². The van der Waals surface area contributed by atoms with Crippen LogP contribution in [0.25, 0.3) is 0 Å². The van der Waals surface area contributed by atoms with Crippen LogP contribution in [0.4, 0.5) is 5.69 Å². The molecule has 2 N–H and O–H groups in total. The summed E-state index contributed by atoms with van der Waals surface area (Å²) in [5.74, 6) is -0.384. The molecule has 0 aliphatic carbocycles. The van der Waals surface area contributed by atoms with Gasteiger partial charge in [-0.05, 0) is 18.6 Å². The van der Waals surface area contributed by atoms with Crippen molar-refractivity contribution in [2.45, 2.75) is 6.42 Å². The van der Waals surface area contributed by atoms with Crippen LogP contribution in [-0.4, -0.2) is 12.6 Å². The highest BCUT2D eigenvalue weighted by Gasteiger charge is 2.08. The van der Waals surface area contributed by atoms with Crippen LogP contribution in [0, 0.1) is 0 Å². The fraction of sp³-hybridized carbons (Fsp3) is 0.182. The van der Waals surface area contributed by atoms with Gasteiger partial charge in [0.1, 0.15) is 0 Å². The van der Waals surface area contributed by atoms with Crippen molar-refractivity contribution in [2.24, 2.45) is 0 Å². The summed E-state index contributed by atoms with van der Waals surface area (Å²) < 4.78 is 4.96. The standard InChI is InChI=1S/C11H13NO2/c1-2-3-8-14-11(13)9-6-4-5-7-10(9)12/h2,4-7H,1,3,8,12H2. The van der Waals surface area contributed by atoms with Gasteiger partial charge in [-0.1, -0.05) is 18.2 Å². The Labute approximate surface area is 83.2 Å². The zero-order valence-corrected chi connectivity index (χ0v) is 7.90. The van der Waals surface area contributed by atoms with Gasteiger partial charge in [-0.3, -0.25) is 0 Å². The van der Waals surface area contributed by atoms with Crippen LogP contribution in [0.1, 0.15) is 16.8 Å². The summed E-state index contributed by atoms with van der Waals surface area (Å²) in [4.78, 5) is 11.4. The SMILES string of the molecule is C=CCCOC(=O)c1ccccc1N. The van der Waals surface area contributed by atoms with Gasteiger partial charge < -0.3 is 10.5 Å². The average Bonchev–Trinajstić information content (AvgIpc) is 2.18. The van der Waals surface area contributed by atoms with E-state index >= 15 is 0 Å². The van der Waals surface area contributed by atoms with E-state index in [0.29, 0.717) is 24.3 Å². The molecule has 0 atom stereocenters. The molecule has 0 heterocycles. The van der Waals surface area contributed by atoms with Crippen LogP contribution in [-0.2, 0) is 4.74 Å². The average molecular weight is 191 g/mol. The molecule has 74 valence electrons. The highest BCUT2D eigenvalue weighted by Crippen LogP contribution is 2.11. The van der Waals surface area contributed by atoms with E-state index in [2.05, 4.69) is 6.58 Å². The summed E-state index contributed by atoms with van der Waals surface area (Å²) in [7, 11) is 0. The summed E-state index contributed by atoms with van der Waals surface area (Å²) in [6, 6.07) is 6.84. The predicted molar refractivity (Wildman–Crippen MR) is 56.0 cm³/mol. The van der Waals surface area contributed by atoms with Gasteiger partial charge in [-0.15, -0.1) is 6.58 Å². The van der Waals surface area contributed by atoms with Crippen molar-refractivity contribution in [3.8, 4) is 0 Å². The van der Waals surface area contributed by atoms with Crippen molar-refractivity contribution < 1.29 is 9.53 Å². The Morgan fingerprint density at radius 2 is 2.21 bits per heavy atom. The molecule has 3 heteroatoms. The van der Waals surface area contributed by atoms with Gasteiger partial charge in [-0.2, -0.15) is 0 Å². The first-order valence-corrected chi connectivity index (χ1v) is 4.38. The van der Waals surface area contributed by atoms with E-state index in [1.54, 1.807) is 30.3 Å². The summed E-state index contributed by atoms with van der Waals surface area (Å²) >= 11 is 0. The molecule has 0 fully saturated rings. The Morgan fingerprint density at radius 1 is 1.50 bits per heavy atom. The van der Waals surface area contributed by atoms with E-state index in [1.165, 1.54) is 0 Å². The topological polar surface area (TPSA) is 52.3 Å². The predicted octanol–water partition coefficient (Wildman–Crippen LogP) is 2.00. The first-order chi connectivity index (χ1) is 6.75. The van der Waals surface area contributed by atoms with E-state index in [-0.39, 0.29) is 5.97 Å². The highest BCUT2D eigenvalue weighted by atomic mass is 16.5. The normalized spacial score (nSPS) is 9.43. The lowest BCUT2D eigenvalue weighted by molar-refractivity contribution is 0.0513. The van der Waals surface area contributed by atoms with Crippen molar-refractivity contribution in [3.05, 3.63) is 42.5 Å². The van der Waals surface area contributed by atoms with Crippen molar-refractivity contribution in [1.82, 2.24) is 0 Å². The molecule has 1 aromatic carbocycles. The van der Waals surface area contributed by atoms with Crippen LogP contribution in [0.5, 0.6) is 0 Å². The molecule has 0 bridgehead atoms. The fourth-order valence-electron chi connectivity index (χ4n) is 0.996. The molecule has 0 unspecified atom stereocenters. The lowest BCUT2D eigenvalue weighted by Crippen LogP contribution is -2.08. The second-order valence-corrected chi connectivity index (χ2v) is 2.80. The monoisotopic (exact) mass is 191 g/mol. The molecule has 0 aliphatic rings. The first-order valence-electron chi connectivity index (χ1n) is 4.38. The largest absolute Gasteiger partial charge is 0.462 e. The first kappa shape index (κ1) is 10.3. The van der Waals surface area contributed by atoms with Crippen LogP contribution >= 0.6 is 0 Å². The van der Waals surface area contributed by atoms with Gasteiger partial charge in [0.15, 0.2) is 0 Å². The number of carbonyl (C=O) groups is 1. The number of carbonyl (C=O) groups excluding carboxylic acids is 1. The van der Waals surface area contributed by atoms with Gasteiger partial charge in [0, 0.05) is 5.69 Å². The van der Waals surface area contributed by atoms with Gasteiger partial charge >= 0.3 is 5.97 Å². The maximum atomic E-state index is 11.4. The number of hydrogen-bond donors (Lipinski definition) is 1. The third kappa shape index (κ3) is 2.62. The Kier molecular flexibility index (Phi) is 3.73. The second-order valence-electron chi connectivity index (χ2n) is 2.80. The molecule has 1 aromatic rings. The number of ether oxygens (including phenoxy) is 1. The number of anilines is 1. The van der Waals surface area contributed by atoms with E-state index in [4.69, 9.17) is 10.5 Å². The zero-order valence-electron chi connectivity index (χ0n) is 7.90. The quantitative estimate of drug-likeness (QED) is 0.343. The lowest BCUT2D eigenvalue weighted by Gasteiger charge is -2.04. The summed E-state index contributed by atoms with van der Waals surface area (Å²) in [5.41, 5.74) is 6.46. The number of para-hydroxylation sites is 1. The summed E-state index contributed by atoms with van der Waals surface area (Å²) in [5, 5.41) is 0. The Morgan fingerprint density at radius 3 is 2.86 bits per heavy atom. The molecule has 0 radical (unpaired) electrons. The number of nitrogens with two attached hydrogens (primary N) is 1. The van der Waals surface area contributed by atoms with Gasteiger partial charge in [0.25, 0.3) is 0 Å². The van der Waals surface area contributed by atoms with Crippen LogP contribution in [0.3, 0.4) is 0 Å². The molecule has 3 nitrogen and oxygen atoms in total. The second kappa shape index (κ2) is 5.07. The van der Waals surface area contributed by atoms with Crippen molar-refractivity contribution in [2.75, 3.05) is 12.3 Å². The minimum Gasteiger partial charge on any atom is -0.462 e. The number of hydrogen-bond acceptors (Lipinski definition) is 3. The molecule has 0 amide bonds. The molecular formula is C11H13NO2. The van der Waals surface area contributed by atoms with Crippen molar-refractivity contribution in [1.29, 1.82) is 0 Å². The molecule has 0 saturated carbocycles. The minimum atomic E-state index is -0.384. The van der Waals surface area contributed by atoms with E-state index in [9.17, 15) is 4.79 Å². The van der Waals surface area contributed by atoms with E-state index in [0.717, 1.165) is 0 Å². The van der Waals surface area contributed by atoms with Crippen molar-refractivity contribution in [3.63, 3.8) is 0 Å². The van der Waals surface area contributed by atoms with Gasteiger partial charge in [0.05, 0.1) is 12.2 Å². The van der Waals surface area contributed by atoms with Crippen molar-refractivity contribution >= 4 is 11.7 Å². The number of esters is 1. The smallest absolute Gasteiger partial charge is 0.340 e. The molecule has 0 aliphatic heterocycles. The third-order valence-corrected chi connectivity index (χ3v) is 1.74. The Bertz CT molecular complexity index is 334. The zero-order chi connectivity index (χ0) is 10.4. The molecule has 0 aromatic heterocycles. The summed E-state index contributed by atoms with van der Waals surface area (Å²) in [6.45, 7) is 3.88. The van der Waals surface area contributed by atoms with Crippen LogP contribution < -0.4 is 5.73 Å². The Hall–Kier alpha value is -1.77. The fourth-order valence-corrected chi connectivity index (χ4v) is 0.996. The molecule has 14 heavy (non-hydrogen) atoms. The maximum Gasteiger partial charge on any atom is 0.340 e. The highest BCUT2D eigenvalue weighted by molar-refractivity contribution is 5.94. The number of rotatable bonds is 4. The van der Waals surface area contributed by atoms with Gasteiger partial charge in [0.2, 0.25) is 0 Å². The van der Waals surface area contributed by atoms with E-state index in [1.807, 2.05) is 0 Å².